The van der Waals surface area contributed by atoms with Crippen LogP contribution >= 0.6 is 15.9 Å². The van der Waals surface area contributed by atoms with Crippen LogP contribution in [0.4, 0.5) is 5.69 Å². The SMILES string of the molecule is O=C(O)c1cccc(N2Cc3ccc(Br)cc3C2)c1. The average molecular weight is 318 g/mol. The molecule has 0 radical (unpaired) electrons. The van der Waals surface area contributed by atoms with Crippen LogP contribution in [-0.2, 0) is 13.1 Å². The van der Waals surface area contributed by atoms with Crippen LogP contribution < -0.4 is 4.90 Å². The van der Waals surface area contributed by atoms with Crippen molar-refractivity contribution in [3.8, 4) is 0 Å². The number of hydrogen-bond acceptors (Lipinski definition) is 2. The first-order valence-corrected chi connectivity index (χ1v) is 6.78. The Kier molecular flexibility index (Phi) is 3.03. The molecule has 1 aliphatic heterocycles. The van der Waals surface area contributed by atoms with E-state index in [4.69, 9.17) is 5.11 Å². The van der Waals surface area contributed by atoms with Crippen LogP contribution in [-0.4, -0.2) is 11.1 Å². The second-order valence-corrected chi connectivity index (χ2v) is 5.54. The average Bonchev–Trinajstić information content (AvgIpc) is 2.81. The summed E-state index contributed by atoms with van der Waals surface area (Å²) in [4.78, 5) is 13.2. The van der Waals surface area contributed by atoms with E-state index in [-0.39, 0.29) is 0 Å². The molecule has 3 rings (SSSR count). The number of rotatable bonds is 2. The highest BCUT2D eigenvalue weighted by atomic mass is 79.9. The van der Waals surface area contributed by atoms with Gasteiger partial charge in [0.1, 0.15) is 0 Å². The Morgan fingerprint density at radius 3 is 2.68 bits per heavy atom. The Bertz CT molecular complexity index is 654. The molecule has 0 aromatic heterocycles. The van der Waals surface area contributed by atoms with Gasteiger partial charge < -0.3 is 10.0 Å². The smallest absolute Gasteiger partial charge is 0.335 e. The fourth-order valence-electron chi connectivity index (χ4n) is 2.38. The summed E-state index contributed by atoms with van der Waals surface area (Å²) in [6, 6.07) is 13.4. The van der Waals surface area contributed by atoms with E-state index in [1.54, 1.807) is 18.2 Å². The molecule has 0 fully saturated rings. The topological polar surface area (TPSA) is 40.5 Å². The molecule has 0 bridgehead atoms. The molecular formula is C15H12BrNO2. The highest BCUT2D eigenvalue weighted by Crippen LogP contribution is 2.30. The number of nitrogens with zero attached hydrogens (tertiary/aromatic N) is 1. The zero-order valence-electron chi connectivity index (χ0n) is 10.1. The Balaban J connectivity index is 1.90. The first kappa shape index (κ1) is 12.2. The van der Waals surface area contributed by atoms with E-state index < -0.39 is 5.97 Å². The number of anilines is 1. The normalized spacial score (nSPS) is 13.4. The summed E-state index contributed by atoms with van der Waals surface area (Å²) in [5, 5.41) is 9.04. The lowest BCUT2D eigenvalue weighted by Crippen LogP contribution is -2.14. The Morgan fingerprint density at radius 1 is 1.11 bits per heavy atom. The fourth-order valence-corrected chi connectivity index (χ4v) is 2.79. The summed E-state index contributed by atoms with van der Waals surface area (Å²) in [5.74, 6) is -0.888. The lowest BCUT2D eigenvalue weighted by atomic mass is 10.1. The van der Waals surface area contributed by atoms with Crippen LogP contribution in [0.15, 0.2) is 46.9 Å². The van der Waals surface area contributed by atoms with Gasteiger partial charge in [0, 0.05) is 23.2 Å². The third kappa shape index (κ3) is 2.36. The van der Waals surface area contributed by atoms with Crippen LogP contribution in [0.1, 0.15) is 21.5 Å². The Morgan fingerprint density at radius 2 is 1.89 bits per heavy atom. The van der Waals surface area contributed by atoms with Crippen molar-refractivity contribution in [1.29, 1.82) is 0 Å². The van der Waals surface area contributed by atoms with Crippen LogP contribution in [0.2, 0.25) is 0 Å². The first-order chi connectivity index (χ1) is 9.13. The van der Waals surface area contributed by atoms with Gasteiger partial charge in [-0.05, 0) is 41.5 Å². The summed E-state index contributed by atoms with van der Waals surface area (Å²) in [6.07, 6.45) is 0. The lowest BCUT2D eigenvalue weighted by molar-refractivity contribution is 0.0697. The van der Waals surface area contributed by atoms with E-state index in [0.717, 1.165) is 23.2 Å². The third-order valence-corrected chi connectivity index (χ3v) is 3.84. The second kappa shape index (κ2) is 4.70. The molecule has 4 heteroatoms. The minimum atomic E-state index is -0.888. The number of fused-ring (bicyclic) bond motifs is 1. The molecule has 0 spiro atoms. The molecule has 0 amide bonds. The molecule has 3 nitrogen and oxygen atoms in total. The van der Waals surface area contributed by atoms with E-state index in [0.29, 0.717) is 5.56 Å². The standard InChI is InChI=1S/C15H12BrNO2/c16-13-5-4-11-8-17(9-12(11)6-13)14-3-1-2-10(7-14)15(18)19/h1-7H,8-9H2,(H,18,19). The minimum Gasteiger partial charge on any atom is -0.478 e. The molecule has 19 heavy (non-hydrogen) atoms. The van der Waals surface area contributed by atoms with Crippen molar-refractivity contribution in [1.82, 2.24) is 0 Å². The van der Waals surface area contributed by atoms with Gasteiger partial charge in [0.15, 0.2) is 0 Å². The van der Waals surface area contributed by atoms with Gasteiger partial charge in [-0.15, -0.1) is 0 Å². The third-order valence-electron chi connectivity index (χ3n) is 3.35. The summed E-state index contributed by atoms with van der Waals surface area (Å²) >= 11 is 3.48. The highest BCUT2D eigenvalue weighted by Gasteiger charge is 2.19. The fraction of sp³-hybridized carbons (Fsp3) is 0.133. The number of carbonyl (C=O) groups is 1. The lowest BCUT2D eigenvalue weighted by Gasteiger charge is -2.18. The van der Waals surface area contributed by atoms with Gasteiger partial charge in [0.25, 0.3) is 0 Å². The first-order valence-electron chi connectivity index (χ1n) is 5.99. The van der Waals surface area contributed by atoms with Crippen molar-refractivity contribution in [2.75, 3.05) is 4.90 Å². The largest absolute Gasteiger partial charge is 0.478 e. The van der Waals surface area contributed by atoms with E-state index in [9.17, 15) is 4.79 Å². The number of aromatic carboxylic acids is 1. The molecule has 1 heterocycles. The number of hydrogen-bond donors (Lipinski definition) is 1. The summed E-state index contributed by atoms with van der Waals surface area (Å²) < 4.78 is 1.08. The van der Waals surface area contributed by atoms with E-state index in [1.807, 2.05) is 12.1 Å². The van der Waals surface area contributed by atoms with Crippen molar-refractivity contribution in [3.63, 3.8) is 0 Å². The molecular weight excluding hydrogens is 306 g/mol. The van der Waals surface area contributed by atoms with Gasteiger partial charge in [-0.3, -0.25) is 0 Å². The van der Waals surface area contributed by atoms with Crippen LogP contribution in [0.3, 0.4) is 0 Å². The molecule has 1 N–H and O–H groups in total. The number of carboxylic acid groups (broad SMARTS) is 1. The maximum Gasteiger partial charge on any atom is 0.335 e. The highest BCUT2D eigenvalue weighted by molar-refractivity contribution is 9.10. The molecule has 0 aliphatic carbocycles. The summed E-state index contributed by atoms with van der Waals surface area (Å²) in [5.41, 5.74) is 3.86. The van der Waals surface area contributed by atoms with E-state index in [2.05, 4.69) is 33.0 Å². The number of carboxylic acids is 1. The monoisotopic (exact) mass is 317 g/mol. The maximum atomic E-state index is 11.0. The molecule has 96 valence electrons. The van der Waals surface area contributed by atoms with Crippen LogP contribution in [0.25, 0.3) is 0 Å². The van der Waals surface area contributed by atoms with Gasteiger partial charge in [0.2, 0.25) is 0 Å². The predicted molar refractivity (Wildman–Crippen MR) is 77.4 cm³/mol. The van der Waals surface area contributed by atoms with Gasteiger partial charge in [-0.1, -0.05) is 28.1 Å². The molecule has 2 aromatic carbocycles. The number of benzene rings is 2. The molecule has 0 saturated heterocycles. The van der Waals surface area contributed by atoms with Gasteiger partial charge in [-0.25, -0.2) is 4.79 Å². The molecule has 0 saturated carbocycles. The Labute approximate surface area is 119 Å². The van der Waals surface area contributed by atoms with Crippen molar-refractivity contribution >= 4 is 27.6 Å². The molecule has 2 aromatic rings. The van der Waals surface area contributed by atoms with E-state index in [1.165, 1.54) is 11.1 Å². The molecule has 0 atom stereocenters. The molecule has 0 unspecified atom stereocenters. The zero-order valence-corrected chi connectivity index (χ0v) is 11.7. The zero-order chi connectivity index (χ0) is 13.4. The van der Waals surface area contributed by atoms with Crippen LogP contribution in [0, 0.1) is 0 Å². The Hall–Kier alpha value is -1.81. The summed E-state index contributed by atoms with van der Waals surface area (Å²) in [7, 11) is 0. The predicted octanol–water partition coefficient (Wildman–Crippen LogP) is 3.67. The molecule has 1 aliphatic rings. The summed E-state index contributed by atoms with van der Waals surface area (Å²) in [6.45, 7) is 1.64. The van der Waals surface area contributed by atoms with Gasteiger partial charge in [-0.2, -0.15) is 0 Å². The van der Waals surface area contributed by atoms with Crippen molar-refractivity contribution in [2.24, 2.45) is 0 Å². The van der Waals surface area contributed by atoms with Gasteiger partial charge >= 0.3 is 5.97 Å². The van der Waals surface area contributed by atoms with E-state index >= 15 is 0 Å². The quantitative estimate of drug-likeness (QED) is 0.918. The van der Waals surface area contributed by atoms with Crippen molar-refractivity contribution < 1.29 is 9.90 Å². The maximum absolute atomic E-state index is 11.0. The second-order valence-electron chi connectivity index (χ2n) is 4.62. The minimum absolute atomic E-state index is 0.328. The number of halogens is 1. The van der Waals surface area contributed by atoms with Crippen molar-refractivity contribution in [2.45, 2.75) is 13.1 Å². The van der Waals surface area contributed by atoms with Crippen LogP contribution in [0.5, 0.6) is 0 Å². The van der Waals surface area contributed by atoms with Gasteiger partial charge in [0.05, 0.1) is 5.56 Å². The van der Waals surface area contributed by atoms with Crippen molar-refractivity contribution in [3.05, 3.63) is 63.6 Å².